The van der Waals surface area contributed by atoms with E-state index in [1.807, 2.05) is 50.2 Å². The molecule has 3 aromatic rings. The highest BCUT2D eigenvalue weighted by Gasteiger charge is 2.37. The van der Waals surface area contributed by atoms with E-state index < -0.39 is 12.1 Å². The van der Waals surface area contributed by atoms with E-state index in [9.17, 15) is 15.8 Å². The Kier molecular flexibility index (Phi) is 6.20. The number of nitrogens with zero attached hydrogens (tertiary/aromatic N) is 6. The lowest BCUT2D eigenvalue weighted by molar-refractivity contribution is 0.624. The third-order valence-electron chi connectivity index (χ3n) is 6.93. The van der Waals surface area contributed by atoms with Crippen molar-refractivity contribution in [1.29, 1.82) is 15.8 Å². The second-order valence-corrected chi connectivity index (χ2v) is 10.2. The zero-order valence-corrected chi connectivity index (χ0v) is 21.0. The highest BCUT2D eigenvalue weighted by Crippen LogP contribution is 2.38. The van der Waals surface area contributed by atoms with E-state index in [2.05, 4.69) is 27.9 Å². The average molecular weight is 492 g/mol. The molecule has 0 bridgehead atoms. The molecule has 1 aliphatic carbocycles. The van der Waals surface area contributed by atoms with Gasteiger partial charge in [-0.2, -0.15) is 20.9 Å². The summed E-state index contributed by atoms with van der Waals surface area (Å²) in [6.07, 6.45) is 5.34. The van der Waals surface area contributed by atoms with Crippen LogP contribution in [0, 0.1) is 53.8 Å². The van der Waals surface area contributed by atoms with Crippen LogP contribution in [0.15, 0.2) is 47.1 Å². The normalized spacial score (nSPS) is 19.3. The van der Waals surface area contributed by atoms with Crippen molar-refractivity contribution >= 4 is 28.8 Å². The van der Waals surface area contributed by atoms with Crippen LogP contribution in [0.5, 0.6) is 0 Å². The van der Waals surface area contributed by atoms with Gasteiger partial charge < -0.3 is 10.3 Å². The fraction of sp³-hybridized carbons (Fsp3) is 0.286. The number of nitrogens with two attached hydrogens (primary N) is 1. The molecule has 0 unspecified atom stereocenters. The highest BCUT2D eigenvalue weighted by molar-refractivity contribution is 7.15. The minimum atomic E-state index is -0.742. The molecule has 0 spiro atoms. The quantitative estimate of drug-likeness (QED) is 0.509. The molecule has 2 aliphatic rings. The van der Waals surface area contributed by atoms with Crippen molar-refractivity contribution < 1.29 is 0 Å². The van der Waals surface area contributed by atoms with Crippen LogP contribution >= 0.6 is 11.3 Å². The monoisotopic (exact) mass is 491 g/mol. The summed E-state index contributed by atoms with van der Waals surface area (Å²) >= 11 is 1.70. The Morgan fingerprint density at radius 1 is 1.14 bits per heavy atom. The molecule has 0 radical (unpaired) electrons. The lowest BCUT2D eigenvalue weighted by atomic mass is 9.95. The molecule has 0 amide bonds. The van der Waals surface area contributed by atoms with Crippen molar-refractivity contribution in [2.45, 2.75) is 45.7 Å². The summed E-state index contributed by atoms with van der Waals surface area (Å²) in [5.41, 5.74) is 12.5. The molecule has 7 nitrogen and oxygen atoms in total. The van der Waals surface area contributed by atoms with Crippen LogP contribution in [-0.4, -0.2) is 16.4 Å². The molecule has 1 aromatic carbocycles. The maximum absolute atomic E-state index is 10.1. The fourth-order valence-corrected chi connectivity index (χ4v) is 6.56. The number of para-hydroxylation sites is 1. The predicted octanol–water partition coefficient (Wildman–Crippen LogP) is 5.11. The van der Waals surface area contributed by atoms with Gasteiger partial charge in [0, 0.05) is 16.3 Å². The SMILES string of the molecule is Cc1cc(/C=C(/C#N)C2=NN(c3ccccc3)[C@@H](N)[C@@H]2C#N)c(C)n1-c1sc2c(c1C#N)CCCC2. The Balaban J connectivity index is 1.58. The van der Waals surface area contributed by atoms with Gasteiger partial charge >= 0.3 is 0 Å². The zero-order chi connectivity index (χ0) is 25.4. The average Bonchev–Trinajstić information content (AvgIpc) is 3.52. The van der Waals surface area contributed by atoms with E-state index in [0.717, 1.165) is 58.9 Å². The van der Waals surface area contributed by atoms with Gasteiger partial charge in [0.15, 0.2) is 0 Å². The molecule has 0 fully saturated rings. The first-order valence-corrected chi connectivity index (χ1v) is 12.7. The number of thiophene rings is 1. The van der Waals surface area contributed by atoms with Crippen LogP contribution in [0.1, 0.15) is 45.8 Å². The molecular formula is C28H25N7S. The molecule has 3 heterocycles. The minimum Gasteiger partial charge on any atom is -0.308 e. The smallest absolute Gasteiger partial charge is 0.127 e. The van der Waals surface area contributed by atoms with Gasteiger partial charge in [0.25, 0.3) is 0 Å². The van der Waals surface area contributed by atoms with Gasteiger partial charge in [-0.05, 0) is 74.9 Å². The Bertz CT molecular complexity index is 1520. The molecule has 0 saturated heterocycles. The number of anilines is 1. The number of allylic oxidation sites excluding steroid dienone is 1. The largest absolute Gasteiger partial charge is 0.308 e. The molecule has 178 valence electrons. The van der Waals surface area contributed by atoms with E-state index in [4.69, 9.17) is 5.73 Å². The van der Waals surface area contributed by atoms with Gasteiger partial charge in [-0.3, -0.25) is 0 Å². The van der Waals surface area contributed by atoms with Crippen molar-refractivity contribution in [1.82, 2.24) is 4.57 Å². The number of hydrogen-bond donors (Lipinski definition) is 1. The van der Waals surface area contributed by atoms with Gasteiger partial charge in [-0.15, -0.1) is 11.3 Å². The number of aryl methyl sites for hydroxylation is 2. The van der Waals surface area contributed by atoms with Crippen LogP contribution in [0.3, 0.4) is 0 Å². The fourth-order valence-electron chi connectivity index (χ4n) is 5.11. The van der Waals surface area contributed by atoms with Gasteiger partial charge in [0.1, 0.15) is 29.2 Å². The van der Waals surface area contributed by atoms with Crippen molar-refractivity contribution in [3.05, 3.63) is 74.9 Å². The van der Waals surface area contributed by atoms with E-state index in [-0.39, 0.29) is 0 Å². The lowest BCUT2D eigenvalue weighted by Crippen LogP contribution is -2.40. The number of hydrazone groups is 1. The summed E-state index contributed by atoms with van der Waals surface area (Å²) in [5.74, 6) is -0.742. The van der Waals surface area contributed by atoms with Gasteiger partial charge in [0.2, 0.25) is 0 Å². The summed E-state index contributed by atoms with van der Waals surface area (Å²) in [4.78, 5) is 1.31. The standard InChI is InChI=1S/C28H25N7S/c1-17-12-19(18(2)34(17)28-23(15-30)22-10-6-7-11-25(22)36-28)13-20(14-29)26-24(16-31)27(32)35(33-26)21-8-4-3-5-9-21/h3-5,8-9,12-13,24,27H,6-7,10-11,32H2,1-2H3/b20-13-/t24-,27-/m1/s1. The molecule has 0 saturated carbocycles. The third-order valence-corrected chi connectivity index (χ3v) is 8.20. The molecule has 5 rings (SSSR count). The molecule has 1 aliphatic heterocycles. The molecule has 2 aromatic heterocycles. The maximum Gasteiger partial charge on any atom is 0.127 e. The van der Waals surface area contributed by atoms with Gasteiger partial charge in [-0.25, -0.2) is 5.01 Å². The number of aromatic nitrogens is 1. The second-order valence-electron chi connectivity index (χ2n) is 9.10. The summed E-state index contributed by atoms with van der Waals surface area (Å²) in [6.45, 7) is 4.00. The van der Waals surface area contributed by atoms with Crippen LogP contribution in [0.25, 0.3) is 11.1 Å². The van der Waals surface area contributed by atoms with Crippen LogP contribution < -0.4 is 10.7 Å². The minimum absolute atomic E-state index is 0.307. The first-order chi connectivity index (χ1) is 17.5. The van der Waals surface area contributed by atoms with Crippen molar-refractivity contribution in [3.8, 4) is 23.2 Å². The first-order valence-electron chi connectivity index (χ1n) is 11.9. The van der Waals surface area contributed by atoms with Crippen molar-refractivity contribution in [2.75, 3.05) is 5.01 Å². The number of nitriles is 3. The van der Waals surface area contributed by atoms with Crippen LogP contribution in [0.4, 0.5) is 5.69 Å². The third kappa shape index (κ3) is 3.80. The summed E-state index contributed by atoms with van der Waals surface area (Å²) in [6, 6.07) is 18.3. The van der Waals surface area contributed by atoms with Gasteiger partial charge in [0.05, 0.1) is 28.6 Å². The summed E-state index contributed by atoms with van der Waals surface area (Å²) < 4.78 is 2.11. The Hall–Kier alpha value is -4.16. The Morgan fingerprint density at radius 2 is 1.89 bits per heavy atom. The molecule has 36 heavy (non-hydrogen) atoms. The highest BCUT2D eigenvalue weighted by atomic mass is 32.1. The topological polar surface area (TPSA) is 118 Å². The predicted molar refractivity (Wildman–Crippen MR) is 142 cm³/mol. The van der Waals surface area contributed by atoms with Crippen LogP contribution in [0.2, 0.25) is 0 Å². The number of fused-ring (bicyclic) bond motifs is 1. The van der Waals surface area contributed by atoms with Gasteiger partial charge in [-0.1, -0.05) is 18.2 Å². The van der Waals surface area contributed by atoms with E-state index in [1.165, 1.54) is 10.4 Å². The Morgan fingerprint density at radius 3 is 2.58 bits per heavy atom. The summed E-state index contributed by atoms with van der Waals surface area (Å²) in [7, 11) is 0. The molecular weight excluding hydrogens is 466 g/mol. The number of hydrogen-bond acceptors (Lipinski definition) is 7. The molecule has 2 atom stereocenters. The first kappa shape index (κ1) is 23.6. The number of benzene rings is 1. The molecule has 8 heteroatoms. The second kappa shape index (κ2) is 9.47. The van der Waals surface area contributed by atoms with Crippen LogP contribution in [-0.2, 0) is 12.8 Å². The maximum atomic E-state index is 10.1. The zero-order valence-electron chi connectivity index (χ0n) is 20.2. The lowest BCUT2D eigenvalue weighted by Gasteiger charge is -2.21. The molecule has 2 N–H and O–H groups in total. The Labute approximate surface area is 214 Å². The van der Waals surface area contributed by atoms with Crippen molar-refractivity contribution in [2.24, 2.45) is 16.8 Å². The summed E-state index contributed by atoms with van der Waals surface area (Å²) in [5, 5.41) is 37.1. The van der Waals surface area contributed by atoms with E-state index in [1.54, 1.807) is 22.4 Å². The van der Waals surface area contributed by atoms with E-state index in [0.29, 0.717) is 11.3 Å². The number of rotatable bonds is 4. The van der Waals surface area contributed by atoms with Crippen molar-refractivity contribution in [3.63, 3.8) is 0 Å². The van der Waals surface area contributed by atoms with E-state index >= 15 is 0 Å².